The molecule has 0 fully saturated rings. The van der Waals surface area contributed by atoms with Crippen LogP contribution in [-0.4, -0.2) is 5.78 Å². The van der Waals surface area contributed by atoms with Crippen LogP contribution in [0.25, 0.3) is 0 Å². The van der Waals surface area contributed by atoms with E-state index >= 15 is 0 Å². The van der Waals surface area contributed by atoms with Crippen LogP contribution in [0.4, 0.5) is 0 Å². The van der Waals surface area contributed by atoms with E-state index in [2.05, 4.69) is 26.8 Å². The normalized spacial score (nSPS) is 24.3. The molecule has 2 unspecified atom stereocenters. The van der Waals surface area contributed by atoms with Crippen LogP contribution < -0.4 is 0 Å². The van der Waals surface area contributed by atoms with E-state index in [9.17, 15) is 4.79 Å². The van der Waals surface area contributed by atoms with Crippen molar-refractivity contribution in [2.45, 2.75) is 39.5 Å². The average molecular weight is 202 g/mol. The first-order valence-electron chi connectivity index (χ1n) is 5.83. The van der Waals surface area contributed by atoms with Crippen molar-refractivity contribution in [2.24, 2.45) is 5.92 Å². The van der Waals surface area contributed by atoms with Gasteiger partial charge in [0, 0.05) is 11.5 Å². The highest BCUT2D eigenvalue weighted by Gasteiger charge is 2.36. The first kappa shape index (κ1) is 10.4. The predicted molar refractivity (Wildman–Crippen MR) is 62.3 cm³/mol. The molecule has 0 aromatic heterocycles. The quantitative estimate of drug-likeness (QED) is 0.714. The van der Waals surface area contributed by atoms with Gasteiger partial charge in [0.1, 0.15) is 0 Å². The van der Waals surface area contributed by atoms with Crippen LogP contribution in [-0.2, 0) is 0 Å². The minimum atomic E-state index is 0.229. The summed E-state index contributed by atoms with van der Waals surface area (Å²) in [5.41, 5.74) is 3.52. The average Bonchev–Trinajstić information content (AvgIpc) is 2.50. The lowest BCUT2D eigenvalue weighted by Crippen LogP contribution is -2.11. The molecule has 0 N–H and O–H groups in total. The summed E-state index contributed by atoms with van der Waals surface area (Å²) in [6, 6.07) is 6.24. The van der Waals surface area contributed by atoms with Gasteiger partial charge in [-0.25, -0.2) is 0 Å². The third kappa shape index (κ3) is 1.50. The Hall–Kier alpha value is -1.11. The Morgan fingerprint density at radius 1 is 1.13 bits per heavy atom. The number of carbonyl (C=O) groups excluding carboxylic acids is 1. The zero-order chi connectivity index (χ0) is 11.0. The van der Waals surface area contributed by atoms with E-state index in [4.69, 9.17) is 0 Å². The monoisotopic (exact) mass is 202 g/mol. The van der Waals surface area contributed by atoms with Crippen molar-refractivity contribution >= 4 is 5.78 Å². The first-order chi connectivity index (χ1) is 7.19. The molecule has 1 aliphatic rings. The zero-order valence-corrected chi connectivity index (χ0v) is 9.71. The van der Waals surface area contributed by atoms with Crippen LogP contribution in [0.15, 0.2) is 18.2 Å². The van der Waals surface area contributed by atoms with Crippen LogP contribution >= 0.6 is 0 Å². The molecule has 1 aromatic carbocycles. The third-order valence-corrected chi connectivity index (χ3v) is 3.57. The lowest BCUT2D eigenvalue weighted by molar-refractivity contribution is 0.0918. The number of ketones is 1. The van der Waals surface area contributed by atoms with E-state index in [1.54, 1.807) is 0 Å². The summed E-state index contributed by atoms with van der Waals surface area (Å²) in [5.74, 6) is 1.04. The van der Waals surface area contributed by atoms with Crippen LogP contribution in [0, 0.1) is 12.8 Å². The molecule has 0 saturated heterocycles. The lowest BCUT2D eigenvalue weighted by atomic mass is 9.88. The summed E-state index contributed by atoms with van der Waals surface area (Å²) >= 11 is 0. The van der Waals surface area contributed by atoms with Gasteiger partial charge in [-0.3, -0.25) is 4.79 Å². The Bertz CT molecular complexity index is 392. The summed E-state index contributed by atoms with van der Waals surface area (Å²) in [7, 11) is 0. The number of benzene rings is 1. The Morgan fingerprint density at radius 3 is 2.40 bits per heavy atom. The standard InChI is InChI=1S/C14H18O/c1-4-10-11(5-2)14(15)12-7-6-9(3)8-13(10)12/h6-8,10-11H,4-5H2,1-3H3. The van der Waals surface area contributed by atoms with E-state index in [0.717, 1.165) is 18.4 Å². The number of carbonyl (C=O) groups is 1. The number of hydrogen-bond acceptors (Lipinski definition) is 1. The van der Waals surface area contributed by atoms with Crippen molar-refractivity contribution in [3.05, 3.63) is 34.9 Å². The molecular formula is C14H18O. The van der Waals surface area contributed by atoms with Gasteiger partial charge >= 0.3 is 0 Å². The van der Waals surface area contributed by atoms with E-state index in [1.165, 1.54) is 11.1 Å². The van der Waals surface area contributed by atoms with Gasteiger partial charge < -0.3 is 0 Å². The van der Waals surface area contributed by atoms with Gasteiger partial charge in [0.05, 0.1) is 0 Å². The molecule has 0 amide bonds. The Balaban J connectivity index is 2.52. The fraction of sp³-hybridized carbons (Fsp3) is 0.500. The molecule has 1 aromatic rings. The molecule has 80 valence electrons. The number of hydrogen-bond donors (Lipinski definition) is 0. The second-order valence-electron chi connectivity index (χ2n) is 4.48. The summed E-state index contributed by atoms with van der Waals surface area (Å²) in [6.07, 6.45) is 2.03. The largest absolute Gasteiger partial charge is 0.294 e. The van der Waals surface area contributed by atoms with E-state index in [-0.39, 0.29) is 5.92 Å². The Morgan fingerprint density at radius 2 is 1.80 bits per heavy atom. The molecular weight excluding hydrogens is 184 g/mol. The van der Waals surface area contributed by atoms with Crippen LogP contribution in [0.1, 0.15) is 54.1 Å². The maximum Gasteiger partial charge on any atom is 0.166 e. The summed E-state index contributed by atoms with van der Waals surface area (Å²) < 4.78 is 0. The molecule has 0 heterocycles. The number of Topliss-reactive ketones (excluding diaryl/α,β-unsaturated/α-hetero) is 1. The van der Waals surface area contributed by atoms with Crippen LogP contribution in [0.2, 0.25) is 0 Å². The second kappa shape index (κ2) is 3.80. The van der Waals surface area contributed by atoms with Gasteiger partial charge in [-0.2, -0.15) is 0 Å². The molecule has 0 aliphatic heterocycles. The van der Waals surface area contributed by atoms with Gasteiger partial charge in [0.25, 0.3) is 0 Å². The molecule has 2 atom stereocenters. The minimum Gasteiger partial charge on any atom is -0.294 e. The van der Waals surface area contributed by atoms with Crippen molar-refractivity contribution < 1.29 is 4.79 Å². The van der Waals surface area contributed by atoms with Crippen molar-refractivity contribution in [1.82, 2.24) is 0 Å². The zero-order valence-electron chi connectivity index (χ0n) is 9.71. The molecule has 0 spiro atoms. The number of aryl methyl sites for hydroxylation is 1. The van der Waals surface area contributed by atoms with E-state index < -0.39 is 0 Å². The Labute approximate surface area is 91.5 Å². The molecule has 1 aliphatic carbocycles. The lowest BCUT2D eigenvalue weighted by Gasteiger charge is -2.15. The smallest absolute Gasteiger partial charge is 0.166 e. The first-order valence-corrected chi connectivity index (χ1v) is 5.83. The maximum atomic E-state index is 12.1. The van der Waals surface area contributed by atoms with Crippen LogP contribution in [0.5, 0.6) is 0 Å². The van der Waals surface area contributed by atoms with Gasteiger partial charge in [-0.15, -0.1) is 0 Å². The summed E-state index contributed by atoms with van der Waals surface area (Å²) in [5, 5.41) is 0. The highest BCUT2D eigenvalue weighted by molar-refractivity contribution is 6.03. The van der Waals surface area contributed by atoms with E-state index in [0.29, 0.717) is 11.7 Å². The molecule has 2 rings (SSSR count). The number of fused-ring (bicyclic) bond motifs is 1. The van der Waals surface area contributed by atoms with Crippen molar-refractivity contribution in [3.8, 4) is 0 Å². The predicted octanol–water partition coefficient (Wildman–Crippen LogP) is 3.71. The van der Waals surface area contributed by atoms with Gasteiger partial charge in [-0.1, -0.05) is 37.6 Å². The topological polar surface area (TPSA) is 17.1 Å². The van der Waals surface area contributed by atoms with Gasteiger partial charge in [0.2, 0.25) is 0 Å². The minimum absolute atomic E-state index is 0.229. The van der Waals surface area contributed by atoms with Gasteiger partial charge in [0.15, 0.2) is 5.78 Å². The highest BCUT2D eigenvalue weighted by Crippen LogP contribution is 2.41. The van der Waals surface area contributed by atoms with Crippen molar-refractivity contribution in [2.75, 3.05) is 0 Å². The molecule has 1 heteroatoms. The second-order valence-corrected chi connectivity index (χ2v) is 4.48. The SMILES string of the molecule is CCC1C(=O)c2ccc(C)cc2C1CC. The molecule has 0 radical (unpaired) electrons. The van der Waals surface area contributed by atoms with E-state index in [1.807, 2.05) is 12.1 Å². The summed E-state index contributed by atoms with van der Waals surface area (Å²) in [4.78, 5) is 12.1. The summed E-state index contributed by atoms with van der Waals surface area (Å²) in [6.45, 7) is 6.39. The molecule has 15 heavy (non-hydrogen) atoms. The molecule has 0 bridgehead atoms. The maximum absolute atomic E-state index is 12.1. The van der Waals surface area contributed by atoms with Crippen LogP contribution in [0.3, 0.4) is 0 Å². The van der Waals surface area contributed by atoms with Gasteiger partial charge in [-0.05, 0) is 31.2 Å². The fourth-order valence-electron chi connectivity index (χ4n) is 2.79. The number of rotatable bonds is 2. The van der Waals surface area contributed by atoms with Crippen molar-refractivity contribution in [3.63, 3.8) is 0 Å². The third-order valence-electron chi connectivity index (χ3n) is 3.57. The highest BCUT2D eigenvalue weighted by atomic mass is 16.1. The molecule has 1 nitrogen and oxygen atoms in total. The fourth-order valence-corrected chi connectivity index (χ4v) is 2.79. The molecule has 0 saturated carbocycles. The van der Waals surface area contributed by atoms with Crippen molar-refractivity contribution in [1.29, 1.82) is 0 Å². The Kier molecular flexibility index (Phi) is 2.64.